The highest BCUT2D eigenvalue weighted by molar-refractivity contribution is 5.98. The van der Waals surface area contributed by atoms with Gasteiger partial charge in [-0.3, -0.25) is 24.0 Å². The van der Waals surface area contributed by atoms with Crippen LogP contribution >= 0.6 is 0 Å². The Morgan fingerprint density at radius 1 is 0.741 bits per heavy atom. The van der Waals surface area contributed by atoms with Gasteiger partial charge in [0.2, 0.25) is 11.8 Å². The fourth-order valence-corrected chi connectivity index (χ4v) is 7.23. The van der Waals surface area contributed by atoms with E-state index < -0.39 is 29.5 Å². The molecule has 4 rings (SSSR count). The summed E-state index contributed by atoms with van der Waals surface area (Å²) in [7, 11) is 2.10. The number of Topliss-reactive ketones (excluding diaryl/α,β-unsaturated/α-hetero) is 3. The molecule has 0 aliphatic carbocycles. The van der Waals surface area contributed by atoms with Gasteiger partial charge in [-0.25, -0.2) is 0 Å². The van der Waals surface area contributed by atoms with Crippen molar-refractivity contribution in [2.24, 2.45) is 23.7 Å². The zero-order valence-corrected chi connectivity index (χ0v) is 33.5. The number of ketones is 3. The molecule has 0 spiro atoms. The molecule has 2 N–H and O–H groups in total. The largest absolute Gasteiger partial charge is 0.361 e. The SMILES string of the molecule is CC(C)C[C@H](NC(=O)[C@H](CCc1ccccc1)CC(=O)CCN1CCN(C)CC1)C(=O)C[C@@H](Cc1ccccc1)C(=O)N[C@@H](CC(C)C)C(=O)[C@@]1(C)CO1. The lowest BCUT2D eigenvalue weighted by molar-refractivity contribution is -0.135. The van der Waals surface area contributed by atoms with Crippen molar-refractivity contribution in [3.63, 3.8) is 0 Å². The molecule has 0 aromatic heterocycles. The monoisotopic (exact) mass is 744 g/mol. The van der Waals surface area contributed by atoms with E-state index in [1.54, 1.807) is 6.92 Å². The van der Waals surface area contributed by atoms with Crippen molar-refractivity contribution in [1.29, 1.82) is 0 Å². The summed E-state index contributed by atoms with van der Waals surface area (Å²) in [5.74, 6) is -2.13. The van der Waals surface area contributed by atoms with Crippen molar-refractivity contribution in [2.45, 2.75) is 104 Å². The van der Waals surface area contributed by atoms with E-state index in [1.165, 1.54) is 0 Å². The number of aryl methyl sites for hydroxylation is 1. The number of hydrogen-bond donors (Lipinski definition) is 2. The Morgan fingerprint density at radius 3 is 1.85 bits per heavy atom. The topological polar surface area (TPSA) is 128 Å². The van der Waals surface area contributed by atoms with Crippen LogP contribution in [0.3, 0.4) is 0 Å². The van der Waals surface area contributed by atoms with Crippen LogP contribution < -0.4 is 10.6 Å². The summed E-state index contributed by atoms with van der Waals surface area (Å²) < 4.78 is 5.44. The lowest BCUT2D eigenvalue weighted by Crippen LogP contribution is -2.50. The first kappa shape index (κ1) is 43.0. The number of amides is 2. The Kier molecular flexibility index (Phi) is 16.6. The average Bonchev–Trinajstić information content (AvgIpc) is 3.90. The van der Waals surface area contributed by atoms with Crippen LogP contribution in [-0.4, -0.2) is 103 Å². The molecule has 0 unspecified atom stereocenters. The van der Waals surface area contributed by atoms with Crippen molar-refractivity contribution in [3.05, 3.63) is 71.8 Å². The van der Waals surface area contributed by atoms with Gasteiger partial charge in [0.15, 0.2) is 11.6 Å². The lowest BCUT2D eigenvalue weighted by atomic mass is 9.87. The van der Waals surface area contributed by atoms with Gasteiger partial charge in [-0.1, -0.05) is 88.4 Å². The molecule has 2 fully saturated rings. The highest BCUT2D eigenvalue weighted by Crippen LogP contribution is 2.30. The molecule has 2 aliphatic rings. The number of nitrogens with zero attached hydrogens (tertiary/aromatic N) is 2. The van der Waals surface area contributed by atoms with E-state index in [-0.39, 0.29) is 53.8 Å². The van der Waals surface area contributed by atoms with Crippen LogP contribution in [0.5, 0.6) is 0 Å². The number of rotatable bonds is 23. The number of ether oxygens (including phenoxy) is 1. The summed E-state index contributed by atoms with van der Waals surface area (Å²) in [4.78, 5) is 73.8. The van der Waals surface area contributed by atoms with Gasteiger partial charge in [-0.15, -0.1) is 0 Å². The first-order valence-electron chi connectivity index (χ1n) is 20.0. The lowest BCUT2D eigenvalue weighted by Gasteiger charge is -2.32. The number of piperazine rings is 1. The Labute approximate surface area is 323 Å². The smallest absolute Gasteiger partial charge is 0.224 e. The van der Waals surface area contributed by atoms with Gasteiger partial charge in [-0.2, -0.15) is 0 Å². The molecule has 10 heteroatoms. The molecule has 2 aliphatic heterocycles. The van der Waals surface area contributed by atoms with E-state index in [0.717, 1.165) is 37.3 Å². The molecule has 2 aromatic rings. The second-order valence-corrected chi connectivity index (χ2v) is 16.7. The summed E-state index contributed by atoms with van der Waals surface area (Å²) in [6.07, 6.45) is 2.67. The Hall–Kier alpha value is -3.73. The molecule has 296 valence electrons. The highest BCUT2D eigenvalue weighted by Gasteiger charge is 2.50. The van der Waals surface area contributed by atoms with Gasteiger partial charge in [0.1, 0.15) is 11.4 Å². The van der Waals surface area contributed by atoms with Crippen molar-refractivity contribution < 1.29 is 28.7 Å². The minimum Gasteiger partial charge on any atom is -0.361 e. The maximum atomic E-state index is 14.3. The van der Waals surface area contributed by atoms with Crippen LogP contribution in [0.2, 0.25) is 0 Å². The molecule has 0 saturated carbocycles. The van der Waals surface area contributed by atoms with Gasteiger partial charge in [0, 0.05) is 63.8 Å². The second kappa shape index (κ2) is 20.8. The van der Waals surface area contributed by atoms with Crippen LogP contribution in [0.25, 0.3) is 0 Å². The Balaban J connectivity index is 1.49. The van der Waals surface area contributed by atoms with Crippen LogP contribution in [0.4, 0.5) is 0 Å². The number of benzene rings is 2. The van der Waals surface area contributed by atoms with Gasteiger partial charge in [0.05, 0.1) is 18.7 Å². The summed E-state index contributed by atoms with van der Waals surface area (Å²) >= 11 is 0. The summed E-state index contributed by atoms with van der Waals surface area (Å²) in [6.45, 7) is 14.5. The molecule has 2 amide bonds. The third-order valence-electron chi connectivity index (χ3n) is 10.8. The van der Waals surface area contributed by atoms with Gasteiger partial charge in [0.25, 0.3) is 0 Å². The number of carbonyl (C=O) groups excluding carboxylic acids is 5. The van der Waals surface area contributed by atoms with E-state index in [1.807, 2.05) is 88.4 Å². The van der Waals surface area contributed by atoms with Crippen LogP contribution in [0.15, 0.2) is 60.7 Å². The number of epoxide rings is 1. The van der Waals surface area contributed by atoms with Crippen LogP contribution in [0, 0.1) is 23.7 Å². The van der Waals surface area contributed by atoms with Crippen molar-refractivity contribution in [3.8, 4) is 0 Å². The number of nitrogens with one attached hydrogen (secondary N) is 2. The zero-order valence-electron chi connectivity index (χ0n) is 33.5. The summed E-state index contributed by atoms with van der Waals surface area (Å²) in [5.41, 5.74) is 1.09. The number of hydrogen-bond acceptors (Lipinski definition) is 8. The highest BCUT2D eigenvalue weighted by atomic mass is 16.6. The molecule has 10 nitrogen and oxygen atoms in total. The van der Waals surface area contributed by atoms with E-state index >= 15 is 0 Å². The molecular formula is C44H64N4O6. The quantitative estimate of drug-likeness (QED) is 0.151. The Morgan fingerprint density at radius 2 is 1.28 bits per heavy atom. The minimum atomic E-state index is -0.896. The van der Waals surface area contributed by atoms with Crippen molar-refractivity contribution in [2.75, 3.05) is 46.4 Å². The van der Waals surface area contributed by atoms with Gasteiger partial charge >= 0.3 is 0 Å². The third kappa shape index (κ3) is 14.2. The first-order valence-corrected chi connectivity index (χ1v) is 20.0. The van der Waals surface area contributed by atoms with Crippen LogP contribution in [0.1, 0.15) is 84.3 Å². The fourth-order valence-electron chi connectivity index (χ4n) is 7.23. The predicted molar refractivity (Wildman–Crippen MR) is 212 cm³/mol. The maximum Gasteiger partial charge on any atom is 0.224 e. The van der Waals surface area contributed by atoms with E-state index in [9.17, 15) is 24.0 Å². The van der Waals surface area contributed by atoms with Crippen LogP contribution in [-0.2, 0) is 41.6 Å². The zero-order chi connectivity index (χ0) is 39.3. The van der Waals surface area contributed by atoms with E-state index in [2.05, 4.69) is 27.5 Å². The van der Waals surface area contributed by atoms with Crippen molar-refractivity contribution in [1.82, 2.24) is 20.4 Å². The first-order chi connectivity index (χ1) is 25.7. The normalized spacial score (nSPS) is 19.9. The molecule has 0 bridgehead atoms. The fraction of sp³-hybridized carbons (Fsp3) is 0.614. The third-order valence-corrected chi connectivity index (χ3v) is 10.8. The molecule has 5 atom stereocenters. The molecule has 2 aromatic carbocycles. The molecule has 2 saturated heterocycles. The van der Waals surface area contributed by atoms with Gasteiger partial charge in [-0.05, 0) is 69.0 Å². The summed E-state index contributed by atoms with van der Waals surface area (Å²) in [5, 5.41) is 6.06. The molecule has 2 heterocycles. The number of carbonyl (C=O) groups is 5. The Bertz CT molecular complexity index is 1520. The summed E-state index contributed by atoms with van der Waals surface area (Å²) in [6, 6.07) is 17.9. The standard InChI is InChI=1S/C44H64N4O6/c1-31(2)25-38(45-42(52)35(18-17-33-13-9-7-10-14-33)28-37(49)19-20-48-23-21-47(6)22-24-48)40(50)29-36(27-34-15-11-8-12-16-34)43(53)46-39(26-32(3)4)41(51)44(5)30-54-44/h7-16,31-32,35-36,38-39H,17-30H2,1-6H3,(H,45,52)(H,46,53)/t35-,36-,38+,39+,44-/m1/s1. The molecule has 54 heavy (non-hydrogen) atoms. The van der Waals surface area contributed by atoms with E-state index in [4.69, 9.17) is 4.74 Å². The van der Waals surface area contributed by atoms with Crippen molar-refractivity contribution >= 4 is 29.2 Å². The maximum absolute atomic E-state index is 14.3. The van der Waals surface area contributed by atoms with Gasteiger partial charge < -0.3 is 25.2 Å². The minimum absolute atomic E-state index is 0.0458. The predicted octanol–water partition coefficient (Wildman–Crippen LogP) is 5.07. The average molecular weight is 745 g/mol. The molecular weight excluding hydrogens is 681 g/mol. The van der Waals surface area contributed by atoms with E-state index in [0.29, 0.717) is 51.7 Å². The molecule has 0 radical (unpaired) electrons. The number of likely N-dealkylation sites (N-methyl/N-ethyl adjacent to an activating group) is 1. The second-order valence-electron chi connectivity index (χ2n) is 16.7.